The number of rotatable bonds is 3. The van der Waals surface area contributed by atoms with Gasteiger partial charge in [0, 0.05) is 33.4 Å². The summed E-state index contributed by atoms with van der Waals surface area (Å²) in [5, 5.41) is 12.7. The molecule has 1 aliphatic heterocycles. The molecule has 1 atom stereocenters. The van der Waals surface area contributed by atoms with Gasteiger partial charge in [0.15, 0.2) is 0 Å². The first-order valence-corrected chi connectivity index (χ1v) is 9.36. The number of thiophene rings is 1. The molecule has 136 valence electrons. The highest BCUT2D eigenvalue weighted by molar-refractivity contribution is 7.15. The third kappa shape index (κ3) is 3.01. The lowest BCUT2D eigenvalue weighted by atomic mass is 9.88. The minimum atomic E-state index is -1.10. The van der Waals surface area contributed by atoms with Crippen molar-refractivity contribution in [1.82, 2.24) is 0 Å². The number of hydrogen-bond acceptors (Lipinski definition) is 3. The topological polar surface area (TPSA) is 66.4 Å². The summed E-state index contributed by atoms with van der Waals surface area (Å²) in [5.74, 6) is -2.55. The molecular weight excluding hydrogens is 389 g/mol. The summed E-state index contributed by atoms with van der Waals surface area (Å²) in [6.45, 7) is 0. The van der Waals surface area contributed by atoms with Crippen LogP contribution in [-0.2, 0) is 4.79 Å². The van der Waals surface area contributed by atoms with Crippen LogP contribution in [0.4, 0.5) is 10.1 Å². The number of halogens is 2. The third-order valence-electron chi connectivity index (χ3n) is 4.51. The van der Waals surface area contributed by atoms with Crippen molar-refractivity contribution in [3.8, 4) is 11.1 Å². The van der Waals surface area contributed by atoms with Crippen molar-refractivity contribution < 1.29 is 19.1 Å². The van der Waals surface area contributed by atoms with Crippen LogP contribution in [0.5, 0.6) is 0 Å². The predicted molar refractivity (Wildman–Crippen MR) is 103 cm³/mol. The lowest BCUT2D eigenvalue weighted by Gasteiger charge is -2.24. The van der Waals surface area contributed by atoms with E-state index in [1.54, 1.807) is 30.3 Å². The van der Waals surface area contributed by atoms with Gasteiger partial charge in [-0.25, -0.2) is 9.18 Å². The maximum absolute atomic E-state index is 14.5. The molecular formula is C20H13ClFNO3S. The van der Waals surface area contributed by atoms with Crippen LogP contribution < -0.4 is 5.32 Å². The van der Waals surface area contributed by atoms with Gasteiger partial charge in [-0.3, -0.25) is 4.79 Å². The standard InChI is InChI=1S/C20H13ClFNO3S/c21-12-7-4-8-13(22)16(12)11-9-14(24)23-17-15(10-5-2-1-3-6-10)19(20(25)26)27-18(11)17/h1-8,11H,9H2,(H,23,24)(H,25,26). The van der Waals surface area contributed by atoms with Crippen LogP contribution in [0.1, 0.15) is 32.5 Å². The number of carbonyl (C=O) groups is 2. The van der Waals surface area contributed by atoms with Gasteiger partial charge in [-0.15, -0.1) is 11.3 Å². The molecule has 2 heterocycles. The van der Waals surface area contributed by atoms with Crippen molar-refractivity contribution in [2.75, 3.05) is 5.32 Å². The first-order valence-electron chi connectivity index (χ1n) is 8.16. The summed E-state index contributed by atoms with van der Waals surface area (Å²) in [7, 11) is 0. The van der Waals surface area contributed by atoms with Gasteiger partial charge in [0.1, 0.15) is 10.7 Å². The van der Waals surface area contributed by atoms with E-state index in [4.69, 9.17) is 11.6 Å². The first-order chi connectivity index (χ1) is 13.0. The zero-order chi connectivity index (χ0) is 19.1. The van der Waals surface area contributed by atoms with Crippen molar-refractivity contribution in [1.29, 1.82) is 0 Å². The fraction of sp³-hybridized carbons (Fsp3) is 0.100. The van der Waals surface area contributed by atoms with Gasteiger partial charge in [0.2, 0.25) is 5.91 Å². The molecule has 0 saturated carbocycles. The highest BCUT2D eigenvalue weighted by Gasteiger charge is 2.36. The zero-order valence-corrected chi connectivity index (χ0v) is 15.4. The SMILES string of the molecule is O=C1CC(c2c(F)cccc2Cl)c2sc(C(=O)O)c(-c3ccccc3)c2N1. The van der Waals surface area contributed by atoms with E-state index in [2.05, 4.69) is 5.32 Å². The monoisotopic (exact) mass is 401 g/mol. The lowest BCUT2D eigenvalue weighted by Crippen LogP contribution is -2.23. The second-order valence-electron chi connectivity index (χ2n) is 6.16. The van der Waals surface area contributed by atoms with Gasteiger partial charge in [-0.05, 0) is 17.7 Å². The third-order valence-corrected chi connectivity index (χ3v) is 6.13. The normalized spacial score (nSPS) is 15.9. The van der Waals surface area contributed by atoms with Crippen LogP contribution in [-0.4, -0.2) is 17.0 Å². The van der Waals surface area contributed by atoms with Gasteiger partial charge in [0.05, 0.1) is 5.69 Å². The first kappa shape index (κ1) is 17.7. The van der Waals surface area contributed by atoms with E-state index in [9.17, 15) is 19.1 Å². The molecule has 0 aliphatic carbocycles. The van der Waals surface area contributed by atoms with E-state index < -0.39 is 17.7 Å². The maximum atomic E-state index is 14.5. The van der Waals surface area contributed by atoms with Gasteiger partial charge in [-0.1, -0.05) is 48.0 Å². The molecule has 2 aromatic carbocycles. The number of aromatic carboxylic acids is 1. The number of nitrogens with one attached hydrogen (secondary N) is 1. The number of carboxylic acid groups (broad SMARTS) is 1. The van der Waals surface area contributed by atoms with Crippen LogP contribution in [0.2, 0.25) is 5.02 Å². The van der Waals surface area contributed by atoms with Gasteiger partial charge in [-0.2, -0.15) is 0 Å². The van der Waals surface area contributed by atoms with Crippen molar-refractivity contribution in [2.24, 2.45) is 0 Å². The molecule has 0 fully saturated rings. The van der Waals surface area contributed by atoms with E-state index in [0.29, 0.717) is 21.7 Å². The summed E-state index contributed by atoms with van der Waals surface area (Å²) >= 11 is 7.27. The summed E-state index contributed by atoms with van der Waals surface area (Å²) in [6.07, 6.45) is 0.00144. The van der Waals surface area contributed by atoms with Gasteiger partial charge < -0.3 is 10.4 Å². The Morgan fingerprint density at radius 3 is 2.59 bits per heavy atom. The van der Waals surface area contributed by atoms with E-state index in [1.165, 1.54) is 12.1 Å². The quantitative estimate of drug-likeness (QED) is 0.619. The number of benzene rings is 2. The lowest BCUT2D eigenvalue weighted by molar-refractivity contribution is -0.116. The Kier molecular flexibility index (Phi) is 4.45. The summed E-state index contributed by atoms with van der Waals surface area (Å²) in [4.78, 5) is 24.9. The van der Waals surface area contributed by atoms with Crippen LogP contribution >= 0.6 is 22.9 Å². The van der Waals surface area contributed by atoms with Gasteiger partial charge in [0.25, 0.3) is 0 Å². The molecule has 1 aliphatic rings. The second-order valence-corrected chi connectivity index (χ2v) is 7.62. The minimum Gasteiger partial charge on any atom is -0.477 e. The number of carboxylic acids is 1. The largest absolute Gasteiger partial charge is 0.477 e. The van der Waals surface area contributed by atoms with Crippen molar-refractivity contribution in [3.05, 3.63) is 74.7 Å². The minimum absolute atomic E-state index is 0.00144. The molecule has 4 rings (SSSR count). The molecule has 0 saturated heterocycles. The number of amides is 1. The molecule has 1 unspecified atom stereocenters. The van der Waals surface area contributed by atoms with Crippen molar-refractivity contribution >= 4 is 40.5 Å². The highest BCUT2D eigenvalue weighted by atomic mass is 35.5. The molecule has 1 amide bonds. The summed E-state index contributed by atoms with van der Waals surface area (Å²) in [5.41, 5.74) is 1.75. The van der Waals surface area contributed by atoms with Crippen molar-refractivity contribution in [2.45, 2.75) is 12.3 Å². The smallest absolute Gasteiger partial charge is 0.346 e. The van der Waals surface area contributed by atoms with Crippen LogP contribution in [0.25, 0.3) is 11.1 Å². The van der Waals surface area contributed by atoms with E-state index >= 15 is 0 Å². The Labute approximate surface area is 163 Å². The van der Waals surface area contributed by atoms with Crippen LogP contribution in [0, 0.1) is 5.82 Å². The van der Waals surface area contributed by atoms with E-state index in [-0.39, 0.29) is 27.8 Å². The molecule has 4 nitrogen and oxygen atoms in total. The van der Waals surface area contributed by atoms with Gasteiger partial charge >= 0.3 is 5.97 Å². The highest BCUT2D eigenvalue weighted by Crippen LogP contribution is 2.50. The van der Waals surface area contributed by atoms with E-state index in [0.717, 1.165) is 11.3 Å². The molecule has 0 bridgehead atoms. The Morgan fingerprint density at radius 2 is 1.93 bits per heavy atom. The molecule has 3 aromatic rings. The molecule has 1 aromatic heterocycles. The fourth-order valence-electron chi connectivity index (χ4n) is 3.39. The Hall–Kier alpha value is -2.70. The molecule has 27 heavy (non-hydrogen) atoms. The Balaban J connectivity index is 1.99. The predicted octanol–water partition coefficient (Wildman–Crippen LogP) is 5.38. The molecule has 7 heteroatoms. The molecule has 2 N–H and O–H groups in total. The van der Waals surface area contributed by atoms with E-state index in [1.807, 2.05) is 6.07 Å². The average molecular weight is 402 g/mol. The molecule has 0 spiro atoms. The van der Waals surface area contributed by atoms with Crippen molar-refractivity contribution in [3.63, 3.8) is 0 Å². The zero-order valence-electron chi connectivity index (χ0n) is 13.8. The van der Waals surface area contributed by atoms with Crippen LogP contribution in [0.3, 0.4) is 0 Å². The molecule has 0 radical (unpaired) electrons. The Morgan fingerprint density at radius 1 is 1.19 bits per heavy atom. The fourth-order valence-corrected chi connectivity index (χ4v) is 4.92. The summed E-state index contributed by atoms with van der Waals surface area (Å²) in [6, 6.07) is 13.3. The number of carbonyl (C=O) groups excluding carboxylic acids is 1. The Bertz CT molecular complexity index is 1040. The maximum Gasteiger partial charge on any atom is 0.346 e. The number of hydrogen-bond donors (Lipinski definition) is 2. The number of anilines is 1. The second kappa shape index (κ2) is 6.79. The summed E-state index contributed by atoms with van der Waals surface area (Å²) < 4.78 is 14.5. The average Bonchev–Trinajstić information content (AvgIpc) is 3.02. The van der Waals surface area contributed by atoms with Crippen LogP contribution in [0.15, 0.2) is 48.5 Å². The number of fused-ring (bicyclic) bond motifs is 1.